The lowest BCUT2D eigenvalue weighted by Crippen LogP contribution is -2.35. The van der Waals surface area contributed by atoms with E-state index < -0.39 is 0 Å². The summed E-state index contributed by atoms with van der Waals surface area (Å²) in [4.78, 5) is 0. The van der Waals surface area contributed by atoms with Crippen LogP contribution in [0.2, 0.25) is 0 Å². The highest BCUT2D eigenvalue weighted by molar-refractivity contribution is 4.82. The van der Waals surface area contributed by atoms with E-state index in [1.54, 1.807) is 6.92 Å². The summed E-state index contributed by atoms with van der Waals surface area (Å²) in [7, 11) is 0. The molecule has 1 fully saturated rings. The molecule has 2 N–H and O–H groups in total. The van der Waals surface area contributed by atoms with Gasteiger partial charge in [-0.15, -0.1) is 10.2 Å². The smallest absolute Gasteiger partial charge is 0.230 e. The maximum atomic E-state index is 9.07. The van der Waals surface area contributed by atoms with Crippen LogP contribution in [0.15, 0.2) is 4.42 Å². The molecule has 14 heavy (non-hydrogen) atoms. The monoisotopic (exact) mass is 197 g/mol. The fourth-order valence-electron chi connectivity index (χ4n) is 1.66. The van der Waals surface area contributed by atoms with Crippen molar-refractivity contribution in [1.29, 1.82) is 0 Å². The van der Waals surface area contributed by atoms with Crippen molar-refractivity contribution < 1.29 is 9.52 Å². The predicted octanol–water partition coefficient (Wildman–Crippen LogP) is 0.239. The second-order valence-electron chi connectivity index (χ2n) is 3.84. The van der Waals surface area contributed by atoms with Crippen molar-refractivity contribution in [3.05, 3.63) is 11.8 Å². The third-order valence-electron chi connectivity index (χ3n) is 2.49. The Morgan fingerprint density at radius 2 is 2.29 bits per heavy atom. The predicted molar refractivity (Wildman–Crippen MR) is 49.5 cm³/mol. The molecule has 0 aliphatic heterocycles. The van der Waals surface area contributed by atoms with Gasteiger partial charge in [-0.25, -0.2) is 0 Å². The fraction of sp³-hybridized carbons (Fsp3) is 0.778. The molecule has 1 aliphatic rings. The van der Waals surface area contributed by atoms with Gasteiger partial charge in [0.15, 0.2) is 0 Å². The summed E-state index contributed by atoms with van der Waals surface area (Å²) in [6.07, 6.45) is 1.75. The lowest BCUT2D eigenvalue weighted by molar-refractivity contribution is 0.0427. The van der Waals surface area contributed by atoms with Crippen LogP contribution in [0.25, 0.3) is 0 Å². The number of aromatic nitrogens is 2. The molecule has 0 unspecified atom stereocenters. The lowest BCUT2D eigenvalue weighted by atomic mass is 9.82. The highest BCUT2D eigenvalue weighted by atomic mass is 16.4. The second-order valence-corrected chi connectivity index (χ2v) is 3.84. The van der Waals surface area contributed by atoms with Gasteiger partial charge in [-0.1, -0.05) is 0 Å². The molecule has 78 valence electrons. The Balaban J connectivity index is 1.63. The zero-order valence-corrected chi connectivity index (χ0v) is 8.23. The number of hydrogen-bond donors (Lipinski definition) is 2. The molecule has 0 amide bonds. The van der Waals surface area contributed by atoms with Crippen LogP contribution in [0.5, 0.6) is 0 Å². The maximum Gasteiger partial charge on any atom is 0.230 e. The zero-order valence-electron chi connectivity index (χ0n) is 8.23. The van der Waals surface area contributed by atoms with Crippen LogP contribution in [0, 0.1) is 12.8 Å². The van der Waals surface area contributed by atoms with E-state index in [-0.39, 0.29) is 6.10 Å². The van der Waals surface area contributed by atoms with Crippen molar-refractivity contribution in [3.63, 3.8) is 0 Å². The highest BCUT2D eigenvalue weighted by Crippen LogP contribution is 2.26. The summed E-state index contributed by atoms with van der Waals surface area (Å²) >= 11 is 0. The molecule has 0 spiro atoms. The van der Waals surface area contributed by atoms with Crippen molar-refractivity contribution in [2.24, 2.45) is 5.92 Å². The van der Waals surface area contributed by atoms with Gasteiger partial charge in [-0.3, -0.25) is 0 Å². The maximum absolute atomic E-state index is 9.07. The van der Waals surface area contributed by atoms with Gasteiger partial charge in [0.2, 0.25) is 11.8 Å². The third-order valence-corrected chi connectivity index (χ3v) is 2.49. The first kappa shape index (κ1) is 9.61. The Labute approximate surface area is 82.5 Å². The van der Waals surface area contributed by atoms with Gasteiger partial charge in [0.05, 0.1) is 12.6 Å². The van der Waals surface area contributed by atoms with E-state index in [2.05, 4.69) is 15.5 Å². The number of aliphatic hydroxyl groups excluding tert-OH is 1. The Morgan fingerprint density at radius 1 is 1.50 bits per heavy atom. The average Bonchev–Trinajstić information content (AvgIpc) is 2.48. The average molecular weight is 197 g/mol. The Kier molecular flexibility index (Phi) is 2.79. The van der Waals surface area contributed by atoms with Gasteiger partial charge in [0, 0.05) is 6.92 Å². The van der Waals surface area contributed by atoms with Crippen LogP contribution in [0.3, 0.4) is 0 Å². The molecule has 0 saturated heterocycles. The summed E-state index contributed by atoms with van der Waals surface area (Å²) in [6.45, 7) is 3.31. The van der Waals surface area contributed by atoms with Crippen LogP contribution in [0.4, 0.5) is 0 Å². The topological polar surface area (TPSA) is 71.2 Å². The van der Waals surface area contributed by atoms with E-state index in [9.17, 15) is 0 Å². The van der Waals surface area contributed by atoms with Gasteiger partial charge in [0.25, 0.3) is 0 Å². The fourth-order valence-corrected chi connectivity index (χ4v) is 1.66. The molecule has 0 radical (unpaired) electrons. The first-order valence-corrected chi connectivity index (χ1v) is 4.92. The molecule has 1 heterocycles. The number of hydrogen-bond acceptors (Lipinski definition) is 5. The van der Waals surface area contributed by atoms with Crippen LogP contribution in [0.1, 0.15) is 24.6 Å². The molecule has 1 saturated carbocycles. The molecule has 0 bridgehead atoms. The summed E-state index contributed by atoms with van der Waals surface area (Å²) < 4.78 is 5.20. The second kappa shape index (κ2) is 4.06. The van der Waals surface area contributed by atoms with E-state index >= 15 is 0 Å². The third kappa shape index (κ3) is 2.30. The van der Waals surface area contributed by atoms with Gasteiger partial charge in [0.1, 0.15) is 0 Å². The molecule has 5 nitrogen and oxygen atoms in total. The number of nitrogens with one attached hydrogen (secondary N) is 1. The normalized spacial score (nSPS) is 26.1. The summed E-state index contributed by atoms with van der Waals surface area (Å²) in [6, 6.07) is 0. The van der Waals surface area contributed by atoms with E-state index in [1.807, 2.05) is 0 Å². The minimum Gasteiger partial charge on any atom is -0.424 e. The molecule has 5 heteroatoms. The van der Waals surface area contributed by atoms with Crippen molar-refractivity contribution >= 4 is 0 Å². The van der Waals surface area contributed by atoms with Gasteiger partial charge < -0.3 is 14.8 Å². The number of aliphatic hydroxyl groups is 1. The molecule has 1 aromatic heterocycles. The zero-order chi connectivity index (χ0) is 9.97. The molecular formula is C9H15N3O2. The van der Waals surface area contributed by atoms with Crippen LogP contribution >= 0.6 is 0 Å². The van der Waals surface area contributed by atoms with Crippen molar-refractivity contribution in [1.82, 2.24) is 15.5 Å². The van der Waals surface area contributed by atoms with Crippen molar-refractivity contribution in [3.8, 4) is 0 Å². The SMILES string of the molecule is Cc1nnc(CNCC2CC(O)C2)o1. The molecule has 0 atom stereocenters. The number of rotatable bonds is 4. The molecule has 1 aromatic rings. The van der Waals surface area contributed by atoms with Crippen LogP contribution in [-0.4, -0.2) is 28.0 Å². The first-order chi connectivity index (χ1) is 6.74. The molecule has 1 aliphatic carbocycles. The standard InChI is InChI=1S/C9H15N3O2/c1-6-11-12-9(14-6)5-10-4-7-2-8(13)3-7/h7-8,10,13H,2-5H2,1H3. The van der Waals surface area contributed by atoms with Crippen molar-refractivity contribution in [2.75, 3.05) is 6.54 Å². The molecule has 2 rings (SSSR count). The van der Waals surface area contributed by atoms with Gasteiger partial charge >= 0.3 is 0 Å². The van der Waals surface area contributed by atoms with E-state index in [4.69, 9.17) is 9.52 Å². The number of nitrogens with zero attached hydrogens (tertiary/aromatic N) is 2. The van der Waals surface area contributed by atoms with Crippen LogP contribution < -0.4 is 5.32 Å². The minimum absolute atomic E-state index is 0.0764. The number of aryl methyl sites for hydroxylation is 1. The van der Waals surface area contributed by atoms with Gasteiger partial charge in [-0.2, -0.15) is 0 Å². The van der Waals surface area contributed by atoms with E-state index in [1.165, 1.54) is 0 Å². The van der Waals surface area contributed by atoms with Gasteiger partial charge in [-0.05, 0) is 25.3 Å². The minimum atomic E-state index is -0.0764. The summed E-state index contributed by atoms with van der Waals surface area (Å²) in [5, 5.41) is 19.9. The molecule has 0 aromatic carbocycles. The largest absolute Gasteiger partial charge is 0.424 e. The summed E-state index contributed by atoms with van der Waals surface area (Å²) in [5.41, 5.74) is 0. The summed E-state index contributed by atoms with van der Waals surface area (Å²) in [5.74, 6) is 1.83. The Morgan fingerprint density at radius 3 is 2.86 bits per heavy atom. The van der Waals surface area contributed by atoms with E-state index in [0.717, 1.165) is 19.4 Å². The van der Waals surface area contributed by atoms with E-state index in [0.29, 0.717) is 24.2 Å². The highest BCUT2D eigenvalue weighted by Gasteiger charge is 2.26. The molecular weight excluding hydrogens is 182 g/mol. The first-order valence-electron chi connectivity index (χ1n) is 4.92. The Hall–Kier alpha value is -0.940. The Bertz CT molecular complexity index is 294. The lowest BCUT2D eigenvalue weighted by Gasteiger charge is -2.31. The van der Waals surface area contributed by atoms with Crippen molar-refractivity contribution in [2.45, 2.75) is 32.4 Å². The van der Waals surface area contributed by atoms with Crippen LogP contribution in [-0.2, 0) is 6.54 Å². The quantitative estimate of drug-likeness (QED) is 0.723.